The zero-order valence-corrected chi connectivity index (χ0v) is 16.0. The van der Waals surface area contributed by atoms with E-state index in [1.54, 1.807) is 25.1 Å². The van der Waals surface area contributed by atoms with Crippen LogP contribution in [0.3, 0.4) is 0 Å². The summed E-state index contributed by atoms with van der Waals surface area (Å²) < 4.78 is 12.6. The highest BCUT2D eigenvalue weighted by molar-refractivity contribution is 9.10. The highest BCUT2D eigenvalue weighted by Gasteiger charge is 2.78. The molecule has 2 aliphatic rings. The molecule has 0 amide bonds. The zero-order chi connectivity index (χ0) is 19.2. The molecule has 1 N–H and O–H groups in total. The van der Waals surface area contributed by atoms with E-state index in [1.165, 1.54) is 0 Å². The number of nitrogens with one attached hydrogen (secondary N) is 1. The van der Waals surface area contributed by atoms with Gasteiger partial charge < -0.3 is 9.47 Å². The lowest BCUT2D eigenvalue weighted by atomic mass is 9.53. The first-order chi connectivity index (χ1) is 12.3. The molecule has 132 valence electrons. The van der Waals surface area contributed by atoms with Crippen molar-refractivity contribution in [2.45, 2.75) is 38.6 Å². The monoisotopic (exact) mass is 412 g/mol. The summed E-state index contributed by atoms with van der Waals surface area (Å²) in [5, 5.41) is 38.7. The van der Waals surface area contributed by atoms with Crippen LogP contribution in [-0.4, -0.2) is 11.7 Å². The van der Waals surface area contributed by atoms with E-state index >= 15 is 0 Å². The number of fused-ring (bicyclic) bond motifs is 2. The molecular weight excluding hydrogens is 396 g/mol. The highest BCUT2D eigenvalue weighted by atomic mass is 79.9. The minimum absolute atomic E-state index is 0.360. The Labute approximate surface area is 160 Å². The van der Waals surface area contributed by atoms with Gasteiger partial charge in [-0.2, -0.15) is 15.8 Å². The van der Waals surface area contributed by atoms with E-state index in [0.29, 0.717) is 18.4 Å². The maximum atomic E-state index is 10.1. The molecule has 7 heteroatoms. The van der Waals surface area contributed by atoms with Crippen molar-refractivity contribution in [3.05, 3.63) is 34.3 Å². The smallest absolute Gasteiger partial charge is 0.214 e. The van der Waals surface area contributed by atoms with Crippen molar-refractivity contribution in [3.8, 4) is 18.2 Å². The minimum atomic E-state index is -1.89. The molecule has 4 unspecified atom stereocenters. The fraction of sp³-hybridized carbons (Fsp3) is 0.474. The van der Waals surface area contributed by atoms with Gasteiger partial charge in [-0.15, -0.1) is 0 Å². The Morgan fingerprint density at radius 2 is 1.92 bits per heavy atom. The summed E-state index contributed by atoms with van der Waals surface area (Å²) in [6, 6.07) is 13.3. The Balaban J connectivity index is 2.32. The molecule has 2 fully saturated rings. The van der Waals surface area contributed by atoms with Crippen LogP contribution < -0.4 is 0 Å². The predicted molar refractivity (Wildman–Crippen MR) is 95.3 cm³/mol. The Hall–Kier alpha value is -2.40. The lowest BCUT2D eigenvalue weighted by Gasteiger charge is -2.48. The van der Waals surface area contributed by atoms with Crippen LogP contribution in [0.5, 0.6) is 0 Å². The summed E-state index contributed by atoms with van der Waals surface area (Å²) in [5.74, 6) is -2.19. The van der Waals surface area contributed by atoms with Crippen LogP contribution in [0.4, 0.5) is 0 Å². The molecule has 2 bridgehead atoms. The number of halogens is 1. The molecule has 0 radical (unpaired) electrons. The second-order valence-corrected chi connectivity index (χ2v) is 7.71. The van der Waals surface area contributed by atoms with Gasteiger partial charge in [0.1, 0.15) is 6.10 Å². The number of hydrogen-bond acceptors (Lipinski definition) is 6. The van der Waals surface area contributed by atoms with Gasteiger partial charge in [-0.25, -0.2) is 0 Å². The summed E-state index contributed by atoms with van der Waals surface area (Å²) in [6.45, 7) is 3.63. The van der Waals surface area contributed by atoms with E-state index in [-0.39, 0.29) is 5.90 Å². The lowest BCUT2D eigenvalue weighted by Crippen LogP contribution is -2.58. The standard InChI is InChI=1S/C19H17BrN4O2/c1-3-5-14-17(2)25-15(12-6-4-7-13(20)8-12)18(9-21,10-22)19(14,11-23)16(24)26-17/h4,6-8,14-15,24H,3,5H2,1-2H3. The maximum absolute atomic E-state index is 10.1. The molecule has 4 atom stereocenters. The molecule has 6 nitrogen and oxygen atoms in total. The summed E-state index contributed by atoms with van der Waals surface area (Å²) in [5.41, 5.74) is -3.00. The second-order valence-electron chi connectivity index (χ2n) is 6.79. The normalized spacial score (nSPS) is 34.2. The van der Waals surface area contributed by atoms with E-state index in [4.69, 9.17) is 14.9 Å². The molecule has 0 spiro atoms. The van der Waals surface area contributed by atoms with Crippen molar-refractivity contribution >= 4 is 21.8 Å². The van der Waals surface area contributed by atoms with Crippen LogP contribution in [0.15, 0.2) is 28.7 Å². The summed E-state index contributed by atoms with van der Waals surface area (Å²) >= 11 is 3.39. The third kappa shape index (κ3) is 2.07. The van der Waals surface area contributed by atoms with E-state index < -0.39 is 28.6 Å². The Morgan fingerprint density at radius 1 is 1.23 bits per heavy atom. The maximum Gasteiger partial charge on any atom is 0.214 e. The SMILES string of the molecule is CCCC1C2(C)OC(=N)C1(C#N)C(C#N)(C#N)C(c1cccc(Br)c1)O2. The molecule has 3 rings (SSSR count). The Bertz CT molecular complexity index is 882. The molecule has 0 aliphatic carbocycles. The number of nitrogens with zero attached hydrogens (tertiary/aromatic N) is 3. The second kappa shape index (κ2) is 6.09. The van der Waals surface area contributed by atoms with Crippen molar-refractivity contribution < 1.29 is 9.47 Å². The molecule has 1 aromatic rings. The van der Waals surface area contributed by atoms with Crippen LogP contribution in [0.2, 0.25) is 0 Å². The minimum Gasteiger partial charge on any atom is -0.448 e. The predicted octanol–water partition coefficient (Wildman–Crippen LogP) is 4.20. The summed E-state index contributed by atoms with van der Waals surface area (Å²) in [4.78, 5) is 0. The van der Waals surface area contributed by atoms with Gasteiger partial charge in [0.05, 0.1) is 24.1 Å². The third-order valence-corrected chi connectivity index (χ3v) is 5.94. The largest absolute Gasteiger partial charge is 0.448 e. The van der Waals surface area contributed by atoms with Crippen LogP contribution in [0.25, 0.3) is 0 Å². The summed E-state index contributed by atoms with van der Waals surface area (Å²) in [6.07, 6.45) is 0.191. The number of rotatable bonds is 3. The first kappa shape index (κ1) is 18.4. The molecule has 0 saturated carbocycles. The Kier molecular flexibility index (Phi) is 4.31. The van der Waals surface area contributed by atoms with Gasteiger partial charge >= 0.3 is 0 Å². The van der Waals surface area contributed by atoms with Crippen molar-refractivity contribution in [2.75, 3.05) is 0 Å². The average molecular weight is 413 g/mol. The quantitative estimate of drug-likeness (QED) is 0.798. The number of nitriles is 3. The van der Waals surface area contributed by atoms with E-state index in [9.17, 15) is 15.8 Å². The van der Waals surface area contributed by atoms with E-state index in [1.807, 2.05) is 25.1 Å². The van der Waals surface area contributed by atoms with Crippen LogP contribution in [-0.2, 0) is 9.47 Å². The van der Waals surface area contributed by atoms with Crippen molar-refractivity contribution in [1.82, 2.24) is 0 Å². The molecule has 0 aromatic heterocycles. The molecule has 26 heavy (non-hydrogen) atoms. The van der Waals surface area contributed by atoms with Crippen molar-refractivity contribution in [2.24, 2.45) is 16.7 Å². The number of benzene rings is 1. The molecule has 1 aromatic carbocycles. The van der Waals surface area contributed by atoms with Gasteiger partial charge in [-0.05, 0) is 24.1 Å². The zero-order valence-electron chi connectivity index (χ0n) is 14.4. The average Bonchev–Trinajstić information content (AvgIpc) is 2.78. The van der Waals surface area contributed by atoms with Crippen molar-refractivity contribution in [3.63, 3.8) is 0 Å². The first-order valence-corrected chi connectivity index (χ1v) is 9.09. The molecule has 2 saturated heterocycles. The Morgan fingerprint density at radius 3 is 2.46 bits per heavy atom. The number of ether oxygens (including phenoxy) is 2. The van der Waals surface area contributed by atoms with Gasteiger partial charge in [0.25, 0.3) is 0 Å². The fourth-order valence-corrected chi connectivity index (χ4v) is 4.70. The van der Waals surface area contributed by atoms with Crippen LogP contribution >= 0.6 is 15.9 Å². The third-order valence-electron chi connectivity index (χ3n) is 5.44. The fourth-order valence-electron chi connectivity index (χ4n) is 4.29. The van der Waals surface area contributed by atoms with Gasteiger partial charge in [0.2, 0.25) is 17.1 Å². The molecular formula is C19H17BrN4O2. The van der Waals surface area contributed by atoms with Gasteiger partial charge in [-0.1, -0.05) is 41.4 Å². The first-order valence-electron chi connectivity index (χ1n) is 8.30. The summed E-state index contributed by atoms with van der Waals surface area (Å²) in [7, 11) is 0. The number of hydrogen-bond donors (Lipinski definition) is 1. The molecule has 2 heterocycles. The van der Waals surface area contributed by atoms with Crippen LogP contribution in [0.1, 0.15) is 38.4 Å². The van der Waals surface area contributed by atoms with Crippen molar-refractivity contribution in [1.29, 1.82) is 21.2 Å². The van der Waals surface area contributed by atoms with E-state index in [2.05, 4.69) is 22.0 Å². The van der Waals surface area contributed by atoms with Gasteiger partial charge in [0.15, 0.2) is 5.41 Å². The van der Waals surface area contributed by atoms with Crippen LogP contribution in [0, 0.1) is 56.2 Å². The topological polar surface area (TPSA) is 114 Å². The lowest BCUT2D eigenvalue weighted by molar-refractivity contribution is -0.274. The highest BCUT2D eigenvalue weighted by Crippen LogP contribution is 2.67. The van der Waals surface area contributed by atoms with E-state index in [0.717, 1.165) is 4.47 Å². The van der Waals surface area contributed by atoms with Gasteiger partial charge in [0, 0.05) is 11.4 Å². The molecule has 2 aliphatic heterocycles. The van der Waals surface area contributed by atoms with Gasteiger partial charge in [-0.3, -0.25) is 5.41 Å².